The van der Waals surface area contributed by atoms with Crippen LogP contribution in [0.5, 0.6) is 0 Å². The van der Waals surface area contributed by atoms with Crippen molar-refractivity contribution in [3.63, 3.8) is 0 Å². The molecular formula is C25H27F3N4O6. The van der Waals surface area contributed by atoms with E-state index in [0.717, 1.165) is 11.1 Å². The highest BCUT2D eigenvalue weighted by atomic mass is 19.4. The van der Waals surface area contributed by atoms with E-state index in [0.29, 0.717) is 12.1 Å². The Hall–Kier alpha value is -4.42. The third kappa shape index (κ3) is 10.3. The van der Waals surface area contributed by atoms with Crippen LogP contribution in [0.15, 0.2) is 54.6 Å². The minimum absolute atomic E-state index is 0.0226. The van der Waals surface area contributed by atoms with Crippen molar-refractivity contribution in [3.8, 4) is 11.1 Å². The molecule has 1 unspecified atom stereocenters. The van der Waals surface area contributed by atoms with Gasteiger partial charge in [0.25, 0.3) is 0 Å². The van der Waals surface area contributed by atoms with Gasteiger partial charge in [-0.25, -0.2) is 9.59 Å². The van der Waals surface area contributed by atoms with Gasteiger partial charge in [0.2, 0.25) is 11.8 Å². The Morgan fingerprint density at radius 3 is 2.08 bits per heavy atom. The second kappa shape index (κ2) is 14.4. The normalized spacial score (nSPS) is 11.6. The van der Waals surface area contributed by atoms with Crippen LogP contribution in [0.4, 0.5) is 18.0 Å². The average Bonchev–Trinajstić information content (AvgIpc) is 2.87. The number of alkyl halides is 3. The molecule has 0 aliphatic carbocycles. The molecular weight excluding hydrogens is 509 g/mol. The van der Waals surface area contributed by atoms with E-state index in [1.54, 1.807) is 31.2 Å². The quantitative estimate of drug-likeness (QED) is 0.257. The summed E-state index contributed by atoms with van der Waals surface area (Å²) < 4.78 is 41.3. The first-order valence-electron chi connectivity index (χ1n) is 11.5. The third-order valence-electron chi connectivity index (χ3n) is 4.99. The minimum Gasteiger partial charge on any atom is -0.386 e. The van der Waals surface area contributed by atoms with Crippen LogP contribution in [-0.2, 0) is 23.9 Å². The Balaban J connectivity index is 2.03. The predicted molar refractivity (Wildman–Crippen MR) is 129 cm³/mol. The summed E-state index contributed by atoms with van der Waals surface area (Å²) in [5, 5.41) is 9.73. The number of ether oxygens (including phenoxy) is 1. The summed E-state index contributed by atoms with van der Waals surface area (Å²) in [4.78, 5) is 58.8. The highest BCUT2D eigenvalue weighted by Gasteiger charge is 2.42. The molecule has 0 spiro atoms. The monoisotopic (exact) mass is 536 g/mol. The van der Waals surface area contributed by atoms with Crippen molar-refractivity contribution in [3.05, 3.63) is 60.2 Å². The van der Waals surface area contributed by atoms with E-state index in [-0.39, 0.29) is 13.0 Å². The zero-order valence-electron chi connectivity index (χ0n) is 20.4. The molecule has 0 bridgehead atoms. The first-order valence-corrected chi connectivity index (χ1v) is 11.5. The molecule has 0 aliphatic heterocycles. The molecule has 13 heteroatoms. The van der Waals surface area contributed by atoms with Crippen molar-refractivity contribution in [2.45, 2.75) is 32.0 Å². The Bertz CT molecular complexity index is 1120. The van der Waals surface area contributed by atoms with Gasteiger partial charge < -0.3 is 26.0 Å². The SMILES string of the molecule is CCNC(=O)NCCC(=O)NCC(=O)NC(CC(=O)OC(=O)C(F)(F)F)c1ccc(-c2ccccc2)cc1. The summed E-state index contributed by atoms with van der Waals surface area (Å²) in [5.41, 5.74) is 2.05. The molecule has 4 N–H and O–H groups in total. The smallest absolute Gasteiger partial charge is 0.386 e. The molecule has 4 amide bonds. The van der Waals surface area contributed by atoms with Gasteiger partial charge in [-0.3, -0.25) is 14.4 Å². The summed E-state index contributed by atoms with van der Waals surface area (Å²) >= 11 is 0. The lowest BCUT2D eigenvalue weighted by molar-refractivity contribution is -0.202. The summed E-state index contributed by atoms with van der Waals surface area (Å²) in [6.45, 7) is 1.65. The van der Waals surface area contributed by atoms with Crippen LogP contribution in [0, 0.1) is 0 Å². The van der Waals surface area contributed by atoms with E-state index in [9.17, 15) is 37.1 Å². The van der Waals surface area contributed by atoms with Crippen LogP contribution in [0.1, 0.15) is 31.4 Å². The molecule has 0 saturated heterocycles. The van der Waals surface area contributed by atoms with Gasteiger partial charge in [-0.2, -0.15) is 13.2 Å². The summed E-state index contributed by atoms with van der Waals surface area (Å²) in [6.07, 6.45) is -6.24. The van der Waals surface area contributed by atoms with Crippen molar-refractivity contribution in [1.29, 1.82) is 0 Å². The molecule has 0 fully saturated rings. The van der Waals surface area contributed by atoms with Gasteiger partial charge in [0.1, 0.15) is 0 Å². The first kappa shape index (κ1) is 29.8. The molecule has 0 saturated carbocycles. The number of halogens is 3. The third-order valence-corrected chi connectivity index (χ3v) is 4.99. The van der Waals surface area contributed by atoms with Gasteiger partial charge >= 0.3 is 24.1 Å². The summed E-state index contributed by atoms with van der Waals surface area (Å²) in [6, 6.07) is 14.2. The Labute approximate surface area is 216 Å². The molecule has 0 radical (unpaired) electrons. The highest BCUT2D eigenvalue weighted by Crippen LogP contribution is 2.24. The van der Waals surface area contributed by atoms with Gasteiger partial charge in [0.15, 0.2) is 0 Å². The van der Waals surface area contributed by atoms with Crippen molar-refractivity contribution < 1.29 is 41.9 Å². The van der Waals surface area contributed by atoms with Crippen LogP contribution in [0.25, 0.3) is 11.1 Å². The molecule has 0 aliphatic rings. The lowest BCUT2D eigenvalue weighted by atomic mass is 9.99. The molecule has 0 heterocycles. The molecule has 2 aromatic carbocycles. The van der Waals surface area contributed by atoms with Crippen molar-refractivity contribution >= 4 is 29.8 Å². The second-order valence-corrected chi connectivity index (χ2v) is 7.88. The Kier molecular flexibility index (Phi) is 11.3. The topological polar surface area (TPSA) is 143 Å². The standard InChI is InChI=1S/C25H27F3N4O6/c1-2-29-24(37)30-13-12-20(33)31-15-21(34)32-19(14-22(35)38-23(36)25(26,27)28)18-10-8-17(9-11-18)16-6-4-3-5-7-16/h3-11,19H,2,12-15H2,1H3,(H,31,33)(H,32,34)(H2,29,30,37). The number of hydrogen-bond donors (Lipinski definition) is 4. The number of urea groups is 1. The molecule has 10 nitrogen and oxygen atoms in total. The molecule has 0 aromatic heterocycles. The van der Waals surface area contributed by atoms with E-state index in [2.05, 4.69) is 26.0 Å². The number of rotatable bonds is 11. The van der Waals surface area contributed by atoms with E-state index >= 15 is 0 Å². The predicted octanol–water partition coefficient (Wildman–Crippen LogP) is 2.36. The molecule has 1 atom stereocenters. The first-order chi connectivity index (χ1) is 18.0. The lowest BCUT2D eigenvalue weighted by Crippen LogP contribution is -2.41. The van der Waals surface area contributed by atoms with Gasteiger partial charge in [-0.15, -0.1) is 0 Å². The average molecular weight is 537 g/mol. The summed E-state index contributed by atoms with van der Waals surface area (Å²) in [5.74, 6) is -5.45. The molecule has 38 heavy (non-hydrogen) atoms. The van der Waals surface area contributed by atoms with Crippen molar-refractivity contribution in [2.75, 3.05) is 19.6 Å². The van der Waals surface area contributed by atoms with Crippen molar-refractivity contribution in [1.82, 2.24) is 21.3 Å². The minimum atomic E-state index is -5.36. The number of carbonyl (C=O) groups excluding carboxylic acids is 5. The van der Waals surface area contributed by atoms with E-state index < -0.39 is 55.0 Å². The fraction of sp³-hybridized carbons (Fsp3) is 0.320. The maximum Gasteiger partial charge on any atom is 0.491 e. The Morgan fingerprint density at radius 1 is 0.842 bits per heavy atom. The lowest BCUT2D eigenvalue weighted by Gasteiger charge is -2.19. The van der Waals surface area contributed by atoms with E-state index in [1.165, 1.54) is 0 Å². The number of nitrogens with one attached hydrogen (secondary N) is 4. The number of benzene rings is 2. The van der Waals surface area contributed by atoms with Crippen molar-refractivity contribution in [2.24, 2.45) is 0 Å². The van der Waals surface area contributed by atoms with Crippen LogP contribution in [-0.4, -0.2) is 55.6 Å². The highest BCUT2D eigenvalue weighted by molar-refractivity contribution is 5.89. The zero-order chi connectivity index (χ0) is 28.1. The van der Waals surface area contributed by atoms with Gasteiger partial charge in [0, 0.05) is 19.5 Å². The van der Waals surface area contributed by atoms with E-state index in [1.807, 2.05) is 30.3 Å². The largest absolute Gasteiger partial charge is 0.491 e. The van der Waals surface area contributed by atoms with Crippen LogP contribution < -0.4 is 21.3 Å². The molecule has 204 valence electrons. The Morgan fingerprint density at radius 2 is 1.47 bits per heavy atom. The van der Waals surface area contributed by atoms with Crippen LogP contribution in [0.2, 0.25) is 0 Å². The zero-order valence-corrected chi connectivity index (χ0v) is 20.4. The van der Waals surface area contributed by atoms with Crippen LogP contribution >= 0.6 is 0 Å². The number of esters is 2. The fourth-order valence-corrected chi connectivity index (χ4v) is 3.19. The summed E-state index contributed by atoms with van der Waals surface area (Å²) in [7, 11) is 0. The number of amides is 4. The second-order valence-electron chi connectivity index (χ2n) is 7.88. The van der Waals surface area contributed by atoms with Gasteiger partial charge in [-0.1, -0.05) is 54.6 Å². The maximum atomic E-state index is 12.5. The van der Waals surface area contributed by atoms with Crippen LogP contribution in [0.3, 0.4) is 0 Å². The van der Waals surface area contributed by atoms with Gasteiger partial charge in [0.05, 0.1) is 19.0 Å². The number of carbonyl (C=O) groups is 5. The fourth-order valence-electron chi connectivity index (χ4n) is 3.19. The maximum absolute atomic E-state index is 12.5. The van der Waals surface area contributed by atoms with Gasteiger partial charge in [-0.05, 0) is 23.6 Å². The molecule has 2 aromatic rings. The van der Waals surface area contributed by atoms with E-state index in [4.69, 9.17) is 0 Å². The number of hydrogen-bond acceptors (Lipinski definition) is 6. The molecule has 2 rings (SSSR count).